The fraction of sp³-hybridized carbons (Fsp3) is 0.455. The van der Waals surface area contributed by atoms with E-state index in [-0.39, 0.29) is 4.83 Å². The lowest BCUT2D eigenvalue weighted by Gasteiger charge is -2.16. The molecule has 0 aliphatic heterocycles. The van der Waals surface area contributed by atoms with Gasteiger partial charge in [-0.25, -0.2) is 0 Å². The van der Waals surface area contributed by atoms with Gasteiger partial charge in [0.05, 0.1) is 6.10 Å². The van der Waals surface area contributed by atoms with E-state index in [1.54, 1.807) is 0 Å². The zero-order valence-electron chi connectivity index (χ0n) is 8.08. The Bertz CT molecular complexity index is 271. The maximum Gasteiger partial charge on any atom is 0.0914 e. The van der Waals surface area contributed by atoms with Crippen LogP contribution in [-0.2, 0) is 0 Å². The first-order valence-electron chi connectivity index (χ1n) is 4.72. The van der Waals surface area contributed by atoms with E-state index >= 15 is 0 Å². The van der Waals surface area contributed by atoms with Gasteiger partial charge in [-0.3, -0.25) is 0 Å². The van der Waals surface area contributed by atoms with Gasteiger partial charge in [0.25, 0.3) is 0 Å². The zero-order valence-corrected chi connectivity index (χ0v) is 11.3. The van der Waals surface area contributed by atoms with Crippen LogP contribution in [0.25, 0.3) is 0 Å². The van der Waals surface area contributed by atoms with E-state index in [1.165, 1.54) is 0 Å². The lowest BCUT2D eigenvalue weighted by atomic mass is 10.0. The third-order valence-electron chi connectivity index (χ3n) is 2.12. The van der Waals surface area contributed by atoms with Crippen LogP contribution in [0.1, 0.15) is 31.4 Å². The largest absolute Gasteiger partial charge is 0.387 e. The van der Waals surface area contributed by atoms with E-state index < -0.39 is 6.10 Å². The molecule has 0 heterocycles. The summed E-state index contributed by atoms with van der Waals surface area (Å²) < 4.78 is 1.04. The standard InChI is InChI=1S/C11H14Br2O/c1-2-3-10(13)11(14)8-4-6-9(12)7-5-8/h4-7,10-11,14H,2-3H2,1H3. The second kappa shape index (κ2) is 5.89. The number of rotatable bonds is 4. The number of aliphatic hydroxyl groups excluding tert-OH is 1. The minimum atomic E-state index is -0.414. The van der Waals surface area contributed by atoms with Gasteiger partial charge in [-0.2, -0.15) is 0 Å². The molecule has 1 aromatic rings. The number of aliphatic hydroxyl groups is 1. The van der Waals surface area contributed by atoms with Crippen molar-refractivity contribution in [3.05, 3.63) is 34.3 Å². The quantitative estimate of drug-likeness (QED) is 0.830. The van der Waals surface area contributed by atoms with Crippen LogP contribution in [0.15, 0.2) is 28.7 Å². The molecule has 3 heteroatoms. The molecule has 0 spiro atoms. The van der Waals surface area contributed by atoms with Crippen LogP contribution in [0.5, 0.6) is 0 Å². The summed E-state index contributed by atoms with van der Waals surface area (Å²) in [6.45, 7) is 2.11. The Morgan fingerprint density at radius 1 is 1.29 bits per heavy atom. The van der Waals surface area contributed by atoms with E-state index in [2.05, 4.69) is 38.8 Å². The third kappa shape index (κ3) is 3.37. The lowest BCUT2D eigenvalue weighted by Crippen LogP contribution is -2.11. The number of benzene rings is 1. The Hall–Kier alpha value is 0.140. The van der Waals surface area contributed by atoms with Crippen LogP contribution >= 0.6 is 31.9 Å². The van der Waals surface area contributed by atoms with Gasteiger partial charge in [-0.15, -0.1) is 0 Å². The van der Waals surface area contributed by atoms with Gasteiger partial charge in [-0.05, 0) is 24.1 Å². The summed E-state index contributed by atoms with van der Waals surface area (Å²) in [5.41, 5.74) is 0.962. The first-order chi connectivity index (χ1) is 6.65. The van der Waals surface area contributed by atoms with Crippen LogP contribution in [0.2, 0.25) is 0 Å². The van der Waals surface area contributed by atoms with Crippen molar-refractivity contribution in [3.63, 3.8) is 0 Å². The summed E-state index contributed by atoms with van der Waals surface area (Å²) >= 11 is 6.87. The average molecular weight is 322 g/mol. The van der Waals surface area contributed by atoms with Gasteiger partial charge in [0.1, 0.15) is 0 Å². The van der Waals surface area contributed by atoms with E-state index in [9.17, 15) is 5.11 Å². The predicted molar refractivity (Wildman–Crippen MR) is 66.7 cm³/mol. The summed E-state index contributed by atoms with van der Waals surface area (Å²) in [7, 11) is 0. The molecule has 0 saturated carbocycles. The monoisotopic (exact) mass is 320 g/mol. The fourth-order valence-electron chi connectivity index (χ4n) is 1.30. The summed E-state index contributed by atoms with van der Waals surface area (Å²) in [5.74, 6) is 0. The van der Waals surface area contributed by atoms with Crippen LogP contribution in [0.4, 0.5) is 0 Å². The molecule has 14 heavy (non-hydrogen) atoms. The highest BCUT2D eigenvalue weighted by molar-refractivity contribution is 9.10. The van der Waals surface area contributed by atoms with Gasteiger partial charge >= 0.3 is 0 Å². The van der Waals surface area contributed by atoms with Crippen molar-refractivity contribution < 1.29 is 5.11 Å². The molecular formula is C11H14Br2O. The fourth-order valence-corrected chi connectivity index (χ4v) is 2.33. The highest BCUT2D eigenvalue weighted by Crippen LogP contribution is 2.26. The van der Waals surface area contributed by atoms with Crippen molar-refractivity contribution in [2.75, 3.05) is 0 Å². The molecular weight excluding hydrogens is 308 g/mol. The van der Waals surface area contributed by atoms with E-state index in [1.807, 2.05) is 24.3 Å². The highest BCUT2D eigenvalue weighted by atomic mass is 79.9. The Balaban J connectivity index is 2.68. The third-order valence-corrected chi connectivity index (χ3v) is 3.61. The first-order valence-corrected chi connectivity index (χ1v) is 6.43. The molecule has 2 atom stereocenters. The van der Waals surface area contributed by atoms with Crippen molar-refractivity contribution >= 4 is 31.9 Å². The number of alkyl halides is 1. The molecule has 0 bridgehead atoms. The van der Waals surface area contributed by atoms with Gasteiger partial charge in [0, 0.05) is 9.30 Å². The molecule has 2 unspecified atom stereocenters. The predicted octanol–water partition coefficient (Wildman–Crippen LogP) is 4.05. The van der Waals surface area contributed by atoms with Gasteiger partial charge < -0.3 is 5.11 Å². The average Bonchev–Trinajstić information content (AvgIpc) is 2.18. The van der Waals surface area contributed by atoms with Gasteiger partial charge in [-0.1, -0.05) is 57.3 Å². The van der Waals surface area contributed by atoms with E-state index in [0.717, 1.165) is 22.9 Å². The van der Waals surface area contributed by atoms with Crippen molar-refractivity contribution in [2.45, 2.75) is 30.7 Å². The van der Waals surface area contributed by atoms with Gasteiger partial charge in [0.2, 0.25) is 0 Å². The van der Waals surface area contributed by atoms with Crippen LogP contribution in [0, 0.1) is 0 Å². The molecule has 0 saturated heterocycles. The Kier molecular flexibility index (Phi) is 5.13. The smallest absolute Gasteiger partial charge is 0.0914 e. The normalized spacial score (nSPS) is 15.1. The number of hydrogen-bond donors (Lipinski definition) is 1. The van der Waals surface area contributed by atoms with E-state index in [4.69, 9.17) is 0 Å². The Morgan fingerprint density at radius 3 is 2.36 bits per heavy atom. The maximum absolute atomic E-state index is 9.95. The number of hydrogen-bond acceptors (Lipinski definition) is 1. The molecule has 78 valence electrons. The molecule has 0 aliphatic carbocycles. The topological polar surface area (TPSA) is 20.2 Å². The molecule has 1 nitrogen and oxygen atoms in total. The molecule has 1 rings (SSSR count). The first kappa shape index (κ1) is 12.2. The SMILES string of the molecule is CCCC(Br)C(O)c1ccc(Br)cc1. The molecule has 0 aliphatic rings. The Labute approximate surface area is 102 Å². The molecule has 1 aromatic carbocycles. The maximum atomic E-state index is 9.95. The minimum absolute atomic E-state index is 0.147. The molecule has 0 amide bonds. The van der Waals surface area contributed by atoms with Crippen LogP contribution in [-0.4, -0.2) is 9.93 Å². The highest BCUT2D eigenvalue weighted by Gasteiger charge is 2.16. The minimum Gasteiger partial charge on any atom is -0.387 e. The van der Waals surface area contributed by atoms with Crippen molar-refractivity contribution in [1.82, 2.24) is 0 Å². The summed E-state index contributed by atoms with van der Waals surface area (Å²) in [6.07, 6.45) is 1.64. The van der Waals surface area contributed by atoms with Crippen LogP contribution < -0.4 is 0 Å². The van der Waals surface area contributed by atoms with Crippen LogP contribution in [0.3, 0.4) is 0 Å². The van der Waals surface area contributed by atoms with Crippen molar-refractivity contribution in [1.29, 1.82) is 0 Å². The lowest BCUT2D eigenvalue weighted by molar-refractivity contribution is 0.173. The molecule has 0 radical (unpaired) electrons. The van der Waals surface area contributed by atoms with Crippen molar-refractivity contribution in [3.8, 4) is 0 Å². The van der Waals surface area contributed by atoms with Gasteiger partial charge in [0.15, 0.2) is 0 Å². The molecule has 0 aromatic heterocycles. The summed E-state index contributed by atoms with van der Waals surface area (Å²) in [4.78, 5) is 0.147. The number of halogens is 2. The van der Waals surface area contributed by atoms with Crippen molar-refractivity contribution in [2.24, 2.45) is 0 Å². The summed E-state index contributed by atoms with van der Waals surface area (Å²) in [5, 5.41) is 9.95. The second-order valence-electron chi connectivity index (χ2n) is 3.30. The zero-order chi connectivity index (χ0) is 10.6. The van der Waals surface area contributed by atoms with E-state index in [0.29, 0.717) is 0 Å². The second-order valence-corrected chi connectivity index (χ2v) is 5.39. The summed E-state index contributed by atoms with van der Waals surface area (Å²) in [6, 6.07) is 7.78. The Morgan fingerprint density at radius 2 is 1.86 bits per heavy atom. The molecule has 1 N–H and O–H groups in total. The molecule has 0 fully saturated rings.